The second-order valence-corrected chi connectivity index (χ2v) is 4.13. The van der Waals surface area contributed by atoms with Crippen LogP contribution in [-0.4, -0.2) is 59.5 Å². The van der Waals surface area contributed by atoms with Crippen LogP contribution in [-0.2, 0) is 4.79 Å². The van der Waals surface area contributed by atoms with Gasteiger partial charge in [0.2, 0.25) is 23.8 Å². The van der Waals surface area contributed by atoms with Crippen molar-refractivity contribution in [1.29, 1.82) is 0 Å². The van der Waals surface area contributed by atoms with Gasteiger partial charge < -0.3 is 20.9 Å². The molecule has 0 atom stereocenters. The number of amides is 1. The van der Waals surface area contributed by atoms with Gasteiger partial charge in [0.25, 0.3) is 0 Å². The van der Waals surface area contributed by atoms with Crippen LogP contribution in [0.15, 0.2) is 0 Å². The van der Waals surface area contributed by atoms with Gasteiger partial charge in [-0.25, -0.2) is 0 Å². The summed E-state index contributed by atoms with van der Waals surface area (Å²) in [7, 11) is 3.61. The van der Waals surface area contributed by atoms with Crippen LogP contribution in [0.2, 0.25) is 0 Å². The van der Waals surface area contributed by atoms with E-state index in [2.05, 4.69) is 20.3 Å². The molecule has 8 heteroatoms. The first-order chi connectivity index (χ1) is 8.97. The molecule has 0 unspecified atom stereocenters. The zero-order valence-electron chi connectivity index (χ0n) is 11.8. The van der Waals surface area contributed by atoms with E-state index in [4.69, 9.17) is 5.73 Å². The summed E-state index contributed by atoms with van der Waals surface area (Å²) in [5.74, 6) is 0.869. The van der Waals surface area contributed by atoms with E-state index >= 15 is 0 Å². The number of nitrogen functional groups attached to an aromatic ring is 1. The maximum Gasteiger partial charge on any atom is 0.241 e. The van der Waals surface area contributed by atoms with Crippen molar-refractivity contribution >= 4 is 23.8 Å². The van der Waals surface area contributed by atoms with Crippen molar-refractivity contribution in [2.75, 3.05) is 49.7 Å². The lowest BCUT2D eigenvalue weighted by Gasteiger charge is -2.19. The summed E-state index contributed by atoms with van der Waals surface area (Å²) in [6, 6.07) is 0. The summed E-state index contributed by atoms with van der Waals surface area (Å²) in [5, 5.41) is 2.87. The zero-order chi connectivity index (χ0) is 14.4. The minimum absolute atomic E-state index is 0.00427. The topological polar surface area (TPSA) is 100 Å². The average molecular weight is 267 g/mol. The molecule has 1 amide bonds. The molecule has 0 aliphatic carbocycles. The Morgan fingerprint density at radius 2 is 1.84 bits per heavy atom. The number of anilines is 3. The van der Waals surface area contributed by atoms with Gasteiger partial charge in [0, 0.05) is 27.2 Å². The second kappa shape index (κ2) is 6.72. The lowest BCUT2D eigenvalue weighted by Crippen LogP contribution is -2.35. The Kier molecular flexibility index (Phi) is 5.28. The SMILES string of the molecule is CCN(CC)C(=O)CNc1nc(N)nc(N(C)C)n1. The van der Waals surface area contributed by atoms with Crippen LogP contribution in [0.4, 0.5) is 17.8 Å². The van der Waals surface area contributed by atoms with Gasteiger partial charge >= 0.3 is 0 Å². The van der Waals surface area contributed by atoms with Crippen LogP contribution in [0.25, 0.3) is 0 Å². The van der Waals surface area contributed by atoms with Gasteiger partial charge in [0.1, 0.15) is 0 Å². The fourth-order valence-corrected chi connectivity index (χ4v) is 1.50. The largest absolute Gasteiger partial charge is 0.368 e. The van der Waals surface area contributed by atoms with Crippen LogP contribution in [0.5, 0.6) is 0 Å². The highest BCUT2D eigenvalue weighted by molar-refractivity contribution is 5.80. The van der Waals surface area contributed by atoms with Crippen LogP contribution >= 0.6 is 0 Å². The number of hydrogen-bond acceptors (Lipinski definition) is 7. The Balaban J connectivity index is 2.70. The van der Waals surface area contributed by atoms with E-state index in [9.17, 15) is 4.79 Å². The van der Waals surface area contributed by atoms with Gasteiger partial charge in [0.05, 0.1) is 6.54 Å². The summed E-state index contributed by atoms with van der Waals surface area (Å²) in [5.41, 5.74) is 5.59. The van der Waals surface area contributed by atoms with E-state index < -0.39 is 0 Å². The molecule has 1 aromatic heterocycles. The van der Waals surface area contributed by atoms with Crippen LogP contribution in [0.3, 0.4) is 0 Å². The molecule has 8 nitrogen and oxygen atoms in total. The number of nitrogens with two attached hydrogens (primary N) is 1. The number of carbonyl (C=O) groups excluding carboxylic acids is 1. The molecule has 3 N–H and O–H groups in total. The highest BCUT2D eigenvalue weighted by Crippen LogP contribution is 2.08. The molecule has 0 saturated heterocycles. The Bertz CT molecular complexity index is 431. The maximum atomic E-state index is 11.8. The summed E-state index contributed by atoms with van der Waals surface area (Å²) in [6.07, 6.45) is 0. The van der Waals surface area contributed by atoms with E-state index in [1.807, 2.05) is 13.8 Å². The molecule has 106 valence electrons. The monoisotopic (exact) mass is 267 g/mol. The summed E-state index contributed by atoms with van der Waals surface area (Å²) < 4.78 is 0. The van der Waals surface area contributed by atoms with Crippen LogP contribution in [0.1, 0.15) is 13.8 Å². The Morgan fingerprint density at radius 1 is 1.21 bits per heavy atom. The summed E-state index contributed by atoms with van der Waals surface area (Å²) in [4.78, 5) is 27.4. The van der Waals surface area contributed by atoms with E-state index in [0.29, 0.717) is 25.0 Å². The summed E-state index contributed by atoms with van der Waals surface area (Å²) in [6.45, 7) is 5.37. The first-order valence-electron chi connectivity index (χ1n) is 6.18. The van der Waals surface area contributed by atoms with Gasteiger partial charge in [-0.15, -0.1) is 0 Å². The number of nitrogens with one attached hydrogen (secondary N) is 1. The third-order valence-corrected chi connectivity index (χ3v) is 2.55. The van der Waals surface area contributed by atoms with Crippen molar-refractivity contribution in [3.05, 3.63) is 0 Å². The molecular formula is C11H21N7O. The number of hydrogen-bond donors (Lipinski definition) is 2. The molecule has 0 saturated carbocycles. The molecule has 1 heterocycles. The number of rotatable bonds is 6. The molecule has 0 aliphatic heterocycles. The standard InChI is InChI=1S/C11H21N7O/c1-5-18(6-2)8(19)7-13-10-14-9(12)15-11(16-10)17(3)4/h5-7H2,1-4H3,(H3,12,13,14,15,16). The van der Waals surface area contributed by atoms with Gasteiger partial charge in [-0.1, -0.05) is 0 Å². The number of nitrogens with zero attached hydrogens (tertiary/aromatic N) is 5. The van der Waals surface area contributed by atoms with Crippen molar-refractivity contribution in [2.24, 2.45) is 0 Å². The predicted molar refractivity (Wildman–Crippen MR) is 75.0 cm³/mol. The Morgan fingerprint density at radius 3 is 2.37 bits per heavy atom. The van der Waals surface area contributed by atoms with Crippen molar-refractivity contribution in [3.63, 3.8) is 0 Å². The van der Waals surface area contributed by atoms with Gasteiger partial charge in [0.15, 0.2) is 0 Å². The molecule has 0 bridgehead atoms. The smallest absolute Gasteiger partial charge is 0.241 e. The number of aromatic nitrogens is 3. The molecule has 1 aromatic rings. The molecule has 1 rings (SSSR count). The van der Waals surface area contributed by atoms with Crippen molar-refractivity contribution in [2.45, 2.75) is 13.8 Å². The quantitative estimate of drug-likeness (QED) is 0.736. The number of carbonyl (C=O) groups is 1. The second-order valence-electron chi connectivity index (χ2n) is 4.13. The third kappa shape index (κ3) is 4.23. The third-order valence-electron chi connectivity index (χ3n) is 2.55. The van der Waals surface area contributed by atoms with E-state index in [0.717, 1.165) is 0 Å². The highest BCUT2D eigenvalue weighted by Gasteiger charge is 2.11. The van der Waals surface area contributed by atoms with Crippen LogP contribution in [0, 0.1) is 0 Å². The highest BCUT2D eigenvalue weighted by atomic mass is 16.2. The average Bonchev–Trinajstić information content (AvgIpc) is 2.37. The van der Waals surface area contributed by atoms with E-state index in [-0.39, 0.29) is 18.4 Å². The number of likely N-dealkylation sites (N-methyl/N-ethyl adjacent to an activating group) is 1. The first kappa shape index (κ1) is 14.9. The molecule has 0 fully saturated rings. The molecular weight excluding hydrogens is 246 g/mol. The van der Waals surface area contributed by atoms with Crippen molar-refractivity contribution in [1.82, 2.24) is 19.9 Å². The zero-order valence-corrected chi connectivity index (χ0v) is 11.8. The minimum atomic E-state index is -0.00427. The van der Waals surface area contributed by atoms with Crippen LogP contribution < -0.4 is 16.0 Å². The van der Waals surface area contributed by atoms with Gasteiger partial charge in [-0.2, -0.15) is 15.0 Å². The molecule has 0 radical (unpaired) electrons. The Hall–Kier alpha value is -2.12. The fourth-order valence-electron chi connectivity index (χ4n) is 1.50. The first-order valence-corrected chi connectivity index (χ1v) is 6.18. The fraction of sp³-hybridized carbons (Fsp3) is 0.636. The lowest BCUT2D eigenvalue weighted by atomic mass is 10.4. The Labute approximate surface area is 113 Å². The van der Waals surface area contributed by atoms with E-state index in [1.165, 1.54) is 0 Å². The molecule has 0 aliphatic rings. The normalized spacial score (nSPS) is 10.1. The minimum Gasteiger partial charge on any atom is -0.368 e. The predicted octanol–water partition coefficient (Wildman–Crippen LogP) is -0.200. The van der Waals surface area contributed by atoms with Crippen molar-refractivity contribution in [3.8, 4) is 0 Å². The van der Waals surface area contributed by atoms with Crippen molar-refractivity contribution < 1.29 is 4.79 Å². The lowest BCUT2D eigenvalue weighted by molar-refractivity contribution is -0.128. The molecule has 0 aromatic carbocycles. The molecule has 0 spiro atoms. The molecule has 19 heavy (non-hydrogen) atoms. The van der Waals surface area contributed by atoms with Gasteiger partial charge in [-0.05, 0) is 13.8 Å². The maximum absolute atomic E-state index is 11.8. The van der Waals surface area contributed by atoms with Gasteiger partial charge in [-0.3, -0.25) is 4.79 Å². The van der Waals surface area contributed by atoms with E-state index in [1.54, 1.807) is 23.9 Å². The summed E-state index contributed by atoms with van der Waals surface area (Å²) >= 11 is 0.